The molecule has 1 aliphatic heterocycles. The van der Waals surface area contributed by atoms with Crippen LogP contribution in [0.5, 0.6) is 0 Å². The molecule has 0 saturated carbocycles. The number of ether oxygens (including phenoxy) is 1. The van der Waals surface area contributed by atoms with E-state index in [1.54, 1.807) is 16.2 Å². The van der Waals surface area contributed by atoms with Crippen LogP contribution >= 0.6 is 11.3 Å². The number of thiazole rings is 1. The maximum Gasteiger partial charge on any atom is 0.410 e. The number of nitrogens with zero attached hydrogens (tertiary/aromatic N) is 2. The van der Waals surface area contributed by atoms with Crippen molar-refractivity contribution < 1.29 is 9.53 Å². The van der Waals surface area contributed by atoms with Gasteiger partial charge in [0.15, 0.2) is 5.13 Å². The van der Waals surface area contributed by atoms with Gasteiger partial charge in [0, 0.05) is 23.9 Å². The summed E-state index contributed by atoms with van der Waals surface area (Å²) in [5.74, 6) is 0. The van der Waals surface area contributed by atoms with Crippen molar-refractivity contribution in [3.8, 4) is 0 Å². The lowest BCUT2D eigenvalue weighted by atomic mass is 10.2. The van der Waals surface area contributed by atoms with Crippen molar-refractivity contribution in [2.75, 3.05) is 18.5 Å². The van der Waals surface area contributed by atoms with Gasteiger partial charge in [0.05, 0.1) is 18.8 Å². The molecule has 6 heteroatoms. The SMILES string of the molecule is CCOC(=O)N1CCc2sc(NC(C)C)nc2C1. The van der Waals surface area contributed by atoms with Crippen LogP contribution in [0.1, 0.15) is 31.3 Å². The minimum absolute atomic E-state index is 0.241. The normalized spacial score (nSPS) is 14.6. The highest BCUT2D eigenvalue weighted by Crippen LogP contribution is 2.28. The van der Waals surface area contributed by atoms with Crippen LogP contribution in [0.15, 0.2) is 0 Å². The van der Waals surface area contributed by atoms with E-state index in [4.69, 9.17) is 4.74 Å². The van der Waals surface area contributed by atoms with Crippen LogP contribution in [0, 0.1) is 0 Å². The molecule has 2 rings (SSSR count). The average Bonchev–Trinajstić information content (AvgIpc) is 2.69. The van der Waals surface area contributed by atoms with Gasteiger partial charge in [-0.3, -0.25) is 0 Å². The van der Waals surface area contributed by atoms with Crippen molar-refractivity contribution >= 4 is 22.6 Å². The zero-order chi connectivity index (χ0) is 13.1. The second-order valence-corrected chi connectivity index (χ2v) is 5.64. The first kappa shape index (κ1) is 13.1. The van der Waals surface area contributed by atoms with E-state index in [0.717, 1.165) is 23.8 Å². The number of hydrogen-bond acceptors (Lipinski definition) is 5. The lowest BCUT2D eigenvalue weighted by molar-refractivity contribution is 0.102. The molecule has 0 bridgehead atoms. The van der Waals surface area contributed by atoms with E-state index < -0.39 is 0 Å². The Morgan fingerprint density at radius 2 is 2.39 bits per heavy atom. The molecule has 5 nitrogen and oxygen atoms in total. The fourth-order valence-electron chi connectivity index (χ4n) is 1.88. The summed E-state index contributed by atoms with van der Waals surface area (Å²) in [5, 5.41) is 4.25. The zero-order valence-corrected chi connectivity index (χ0v) is 11.8. The van der Waals surface area contributed by atoms with Gasteiger partial charge in [-0.15, -0.1) is 11.3 Å². The molecule has 1 aromatic heterocycles. The van der Waals surface area contributed by atoms with Crippen molar-refractivity contribution in [2.45, 2.75) is 39.8 Å². The summed E-state index contributed by atoms with van der Waals surface area (Å²) < 4.78 is 5.01. The Hall–Kier alpha value is -1.30. The van der Waals surface area contributed by atoms with Crippen LogP contribution in [-0.4, -0.2) is 35.2 Å². The van der Waals surface area contributed by atoms with E-state index in [1.807, 2.05) is 6.92 Å². The summed E-state index contributed by atoms with van der Waals surface area (Å²) in [6.07, 6.45) is 0.625. The van der Waals surface area contributed by atoms with E-state index in [0.29, 0.717) is 19.2 Å². The van der Waals surface area contributed by atoms with Gasteiger partial charge in [0.25, 0.3) is 0 Å². The van der Waals surface area contributed by atoms with Crippen LogP contribution in [0.2, 0.25) is 0 Å². The van der Waals surface area contributed by atoms with Gasteiger partial charge >= 0.3 is 6.09 Å². The third-order valence-corrected chi connectivity index (χ3v) is 3.75. The van der Waals surface area contributed by atoms with Crippen molar-refractivity contribution in [3.63, 3.8) is 0 Å². The molecule has 2 heterocycles. The topological polar surface area (TPSA) is 54.5 Å². The molecule has 0 unspecified atom stereocenters. The minimum Gasteiger partial charge on any atom is -0.450 e. The first-order chi connectivity index (χ1) is 8.60. The van der Waals surface area contributed by atoms with E-state index in [2.05, 4.69) is 24.1 Å². The number of hydrogen-bond donors (Lipinski definition) is 1. The van der Waals surface area contributed by atoms with Crippen LogP contribution in [-0.2, 0) is 17.7 Å². The monoisotopic (exact) mass is 269 g/mol. The number of fused-ring (bicyclic) bond motifs is 1. The fourth-order valence-corrected chi connectivity index (χ4v) is 2.98. The third kappa shape index (κ3) is 2.93. The minimum atomic E-state index is -0.241. The quantitative estimate of drug-likeness (QED) is 0.916. The summed E-state index contributed by atoms with van der Waals surface area (Å²) in [7, 11) is 0. The molecule has 0 spiro atoms. The van der Waals surface area contributed by atoms with Crippen molar-refractivity contribution in [2.24, 2.45) is 0 Å². The predicted octanol–water partition coefficient (Wildman–Crippen LogP) is 2.48. The van der Waals surface area contributed by atoms with Gasteiger partial charge in [-0.1, -0.05) is 0 Å². The first-order valence-corrected chi connectivity index (χ1v) is 7.08. The van der Waals surface area contributed by atoms with E-state index in [-0.39, 0.29) is 6.09 Å². The Morgan fingerprint density at radius 1 is 1.61 bits per heavy atom. The maximum absolute atomic E-state index is 11.7. The Kier molecular flexibility index (Phi) is 4.06. The number of nitrogens with one attached hydrogen (secondary N) is 1. The Morgan fingerprint density at radius 3 is 3.06 bits per heavy atom. The Labute approximate surface area is 111 Å². The number of amides is 1. The molecule has 1 N–H and O–H groups in total. The smallest absolute Gasteiger partial charge is 0.410 e. The Bertz CT molecular complexity index is 431. The highest BCUT2D eigenvalue weighted by atomic mass is 32.1. The summed E-state index contributed by atoms with van der Waals surface area (Å²) >= 11 is 1.69. The largest absolute Gasteiger partial charge is 0.450 e. The van der Waals surface area contributed by atoms with E-state index in [1.165, 1.54) is 4.88 Å². The van der Waals surface area contributed by atoms with E-state index in [9.17, 15) is 4.79 Å². The highest BCUT2D eigenvalue weighted by molar-refractivity contribution is 7.15. The molecule has 1 aliphatic rings. The predicted molar refractivity (Wildman–Crippen MR) is 72.0 cm³/mol. The molecule has 0 saturated heterocycles. The molecule has 0 aromatic carbocycles. The zero-order valence-electron chi connectivity index (χ0n) is 11.0. The molecule has 0 aliphatic carbocycles. The van der Waals surface area contributed by atoms with Gasteiger partial charge in [0.2, 0.25) is 0 Å². The second-order valence-electron chi connectivity index (χ2n) is 4.56. The maximum atomic E-state index is 11.7. The van der Waals surface area contributed by atoms with Crippen LogP contribution < -0.4 is 5.32 Å². The number of rotatable bonds is 3. The van der Waals surface area contributed by atoms with Gasteiger partial charge in [0.1, 0.15) is 0 Å². The summed E-state index contributed by atoms with van der Waals surface area (Å²) in [6, 6.07) is 0.374. The molecular formula is C12H19N3O2S. The highest BCUT2D eigenvalue weighted by Gasteiger charge is 2.24. The number of carbonyl (C=O) groups is 1. The number of aromatic nitrogens is 1. The number of carbonyl (C=O) groups excluding carboxylic acids is 1. The number of anilines is 1. The van der Waals surface area contributed by atoms with Gasteiger partial charge in [-0.25, -0.2) is 9.78 Å². The van der Waals surface area contributed by atoms with Crippen molar-refractivity contribution in [3.05, 3.63) is 10.6 Å². The average molecular weight is 269 g/mol. The summed E-state index contributed by atoms with van der Waals surface area (Å²) in [5.41, 5.74) is 1.00. The Balaban J connectivity index is 2.05. The summed E-state index contributed by atoms with van der Waals surface area (Å²) in [4.78, 5) is 19.2. The molecule has 18 heavy (non-hydrogen) atoms. The summed E-state index contributed by atoms with van der Waals surface area (Å²) in [6.45, 7) is 7.69. The van der Waals surface area contributed by atoms with Gasteiger partial charge in [-0.05, 0) is 20.8 Å². The fraction of sp³-hybridized carbons (Fsp3) is 0.667. The van der Waals surface area contributed by atoms with E-state index >= 15 is 0 Å². The van der Waals surface area contributed by atoms with Crippen LogP contribution in [0.4, 0.5) is 9.93 Å². The molecule has 100 valence electrons. The van der Waals surface area contributed by atoms with Crippen LogP contribution in [0.3, 0.4) is 0 Å². The lowest BCUT2D eigenvalue weighted by Gasteiger charge is -2.24. The molecule has 0 fully saturated rings. The molecule has 1 amide bonds. The van der Waals surface area contributed by atoms with Crippen molar-refractivity contribution in [1.29, 1.82) is 0 Å². The molecule has 0 radical (unpaired) electrons. The molecule has 0 atom stereocenters. The first-order valence-electron chi connectivity index (χ1n) is 6.27. The van der Waals surface area contributed by atoms with Crippen molar-refractivity contribution in [1.82, 2.24) is 9.88 Å². The molecular weight excluding hydrogens is 250 g/mol. The molecule has 1 aromatic rings. The second kappa shape index (κ2) is 5.56. The lowest BCUT2D eigenvalue weighted by Crippen LogP contribution is -2.36. The van der Waals surface area contributed by atoms with Gasteiger partial charge < -0.3 is 15.0 Å². The standard InChI is InChI=1S/C12H19N3O2S/c1-4-17-12(16)15-6-5-10-9(7-15)14-11(18-10)13-8(2)3/h8H,4-7H2,1-3H3,(H,13,14). The van der Waals surface area contributed by atoms with Gasteiger partial charge in [-0.2, -0.15) is 0 Å². The third-order valence-electron chi connectivity index (χ3n) is 2.67. The van der Waals surface area contributed by atoms with Crippen LogP contribution in [0.25, 0.3) is 0 Å².